The summed E-state index contributed by atoms with van der Waals surface area (Å²) in [4.78, 5) is 4.00. The van der Waals surface area contributed by atoms with Crippen LogP contribution in [0.5, 0.6) is 5.75 Å². The molecule has 2 N–H and O–H groups in total. The van der Waals surface area contributed by atoms with Crippen molar-refractivity contribution in [3.05, 3.63) is 22.4 Å². The molecule has 0 spiro atoms. The Balaban J connectivity index is 3.32. The van der Waals surface area contributed by atoms with Crippen LogP contribution in [0.2, 0.25) is 0 Å². The van der Waals surface area contributed by atoms with E-state index in [9.17, 15) is 0 Å². The monoisotopic (exact) mass is 244 g/mol. The second-order valence-corrected chi connectivity index (χ2v) is 4.27. The third-order valence-electron chi connectivity index (χ3n) is 1.73. The van der Waals surface area contributed by atoms with Gasteiger partial charge in [0.05, 0.1) is 13.3 Å². The van der Waals surface area contributed by atoms with Crippen molar-refractivity contribution in [2.45, 2.75) is 19.4 Å². The zero-order chi connectivity index (χ0) is 10.1. The SMILES string of the molecule is COc1cncc(Br)c1C(C)(C)N. The van der Waals surface area contributed by atoms with Crippen LogP contribution in [-0.2, 0) is 5.54 Å². The Labute approximate surface area is 86.4 Å². The molecule has 0 radical (unpaired) electrons. The number of nitrogens with zero attached hydrogens (tertiary/aromatic N) is 1. The summed E-state index contributed by atoms with van der Waals surface area (Å²) in [5.41, 5.74) is 6.49. The molecule has 0 aliphatic carbocycles. The van der Waals surface area contributed by atoms with Gasteiger partial charge in [0.15, 0.2) is 0 Å². The van der Waals surface area contributed by atoms with Crippen LogP contribution in [0.4, 0.5) is 0 Å². The number of pyridine rings is 1. The van der Waals surface area contributed by atoms with Crippen molar-refractivity contribution in [1.29, 1.82) is 0 Å². The third kappa shape index (κ3) is 2.19. The number of aromatic nitrogens is 1. The van der Waals surface area contributed by atoms with Gasteiger partial charge in [0.25, 0.3) is 0 Å². The first kappa shape index (κ1) is 10.5. The molecule has 1 rings (SSSR count). The van der Waals surface area contributed by atoms with E-state index in [1.807, 2.05) is 13.8 Å². The summed E-state index contributed by atoms with van der Waals surface area (Å²) >= 11 is 3.40. The second-order valence-electron chi connectivity index (χ2n) is 3.42. The molecule has 0 aliphatic heterocycles. The predicted molar refractivity (Wildman–Crippen MR) is 55.7 cm³/mol. The minimum absolute atomic E-state index is 0.437. The van der Waals surface area contributed by atoms with E-state index in [2.05, 4.69) is 20.9 Å². The highest BCUT2D eigenvalue weighted by Crippen LogP contribution is 2.33. The summed E-state index contributed by atoms with van der Waals surface area (Å²) in [6.45, 7) is 3.85. The van der Waals surface area contributed by atoms with E-state index in [0.29, 0.717) is 5.75 Å². The lowest BCUT2D eigenvalue weighted by Crippen LogP contribution is -2.29. The van der Waals surface area contributed by atoms with Crippen molar-refractivity contribution >= 4 is 15.9 Å². The van der Waals surface area contributed by atoms with Crippen molar-refractivity contribution in [3.8, 4) is 5.75 Å². The first-order chi connectivity index (χ1) is 5.96. The summed E-state index contributed by atoms with van der Waals surface area (Å²) in [5, 5.41) is 0. The van der Waals surface area contributed by atoms with E-state index in [0.717, 1.165) is 10.0 Å². The van der Waals surface area contributed by atoms with Crippen LogP contribution in [-0.4, -0.2) is 12.1 Å². The normalized spacial score (nSPS) is 11.5. The third-order valence-corrected chi connectivity index (χ3v) is 2.33. The molecule has 0 saturated carbocycles. The molecule has 4 heteroatoms. The van der Waals surface area contributed by atoms with E-state index in [-0.39, 0.29) is 0 Å². The molecule has 0 unspecified atom stereocenters. The lowest BCUT2D eigenvalue weighted by Gasteiger charge is -2.22. The highest BCUT2D eigenvalue weighted by molar-refractivity contribution is 9.10. The summed E-state index contributed by atoms with van der Waals surface area (Å²) in [6, 6.07) is 0. The maximum atomic E-state index is 6.00. The van der Waals surface area contributed by atoms with Crippen molar-refractivity contribution in [1.82, 2.24) is 4.98 Å². The van der Waals surface area contributed by atoms with Crippen LogP contribution in [0, 0.1) is 0 Å². The summed E-state index contributed by atoms with van der Waals surface area (Å²) in [5.74, 6) is 0.710. The number of halogens is 1. The molecule has 1 aromatic heterocycles. The van der Waals surface area contributed by atoms with Crippen LogP contribution >= 0.6 is 15.9 Å². The van der Waals surface area contributed by atoms with Crippen molar-refractivity contribution in [3.63, 3.8) is 0 Å². The maximum Gasteiger partial charge on any atom is 0.143 e. The fourth-order valence-corrected chi connectivity index (χ4v) is 2.02. The zero-order valence-corrected chi connectivity index (χ0v) is 9.55. The van der Waals surface area contributed by atoms with Crippen LogP contribution in [0.3, 0.4) is 0 Å². The standard InChI is InChI=1S/C9H13BrN2O/c1-9(2,11)8-6(10)4-12-5-7(8)13-3/h4-5H,11H2,1-3H3. The van der Waals surface area contributed by atoms with Crippen molar-refractivity contribution in [2.75, 3.05) is 7.11 Å². The highest BCUT2D eigenvalue weighted by Gasteiger charge is 2.22. The van der Waals surface area contributed by atoms with E-state index < -0.39 is 5.54 Å². The Bertz CT molecular complexity index is 307. The van der Waals surface area contributed by atoms with E-state index in [1.165, 1.54) is 0 Å². The molecule has 72 valence electrons. The molecule has 0 aromatic carbocycles. The molecule has 13 heavy (non-hydrogen) atoms. The topological polar surface area (TPSA) is 48.1 Å². The largest absolute Gasteiger partial charge is 0.495 e. The summed E-state index contributed by atoms with van der Waals surface area (Å²) in [7, 11) is 1.61. The molecule has 0 atom stereocenters. The fourth-order valence-electron chi connectivity index (χ4n) is 1.20. The quantitative estimate of drug-likeness (QED) is 0.867. The molecule has 1 heterocycles. The number of hydrogen-bond acceptors (Lipinski definition) is 3. The van der Waals surface area contributed by atoms with Crippen LogP contribution in [0.1, 0.15) is 19.4 Å². The minimum Gasteiger partial charge on any atom is -0.495 e. The number of ether oxygens (including phenoxy) is 1. The maximum absolute atomic E-state index is 6.00. The number of methoxy groups -OCH3 is 1. The molecular formula is C9H13BrN2O. The Morgan fingerprint density at radius 2 is 2.08 bits per heavy atom. The Morgan fingerprint density at radius 3 is 2.46 bits per heavy atom. The van der Waals surface area contributed by atoms with E-state index >= 15 is 0 Å². The van der Waals surface area contributed by atoms with Crippen LogP contribution in [0.15, 0.2) is 16.9 Å². The van der Waals surface area contributed by atoms with Gasteiger partial charge in [-0.2, -0.15) is 0 Å². The van der Waals surface area contributed by atoms with Gasteiger partial charge in [0.1, 0.15) is 5.75 Å². The van der Waals surface area contributed by atoms with Gasteiger partial charge in [0, 0.05) is 21.8 Å². The van der Waals surface area contributed by atoms with Gasteiger partial charge in [-0.1, -0.05) is 0 Å². The molecule has 0 fully saturated rings. The summed E-state index contributed by atoms with van der Waals surface area (Å²) < 4.78 is 6.05. The molecular weight excluding hydrogens is 232 g/mol. The first-order valence-corrected chi connectivity index (χ1v) is 4.73. The van der Waals surface area contributed by atoms with Crippen molar-refractivity contribution < 1.29 is 4.74 Å². The molecule has 0 amide bonds. The number of nitrogens with two attached hydrogens (primary N) is 1. The molecule has 3 nitrogen and oxygen atoms in total. The Morgan fingerprint density at radius 1 is 1.46 bits per heavy atom. The number of rotatable bonds is 2. The molecule has 0 bridgehead atoms. The van der Waals surface area contributed by atoms with Gasteiger partial charge < -0.3 is 10.5 Å². The van der Waals surface area contributed by atoms with Gasteiger partial charge in [-0.15, -0.1) is 0 Å². The van der Waals surface area contributed by atoms with Gasteiger partial charge in [-0.3, -0.25) is 4.98 Å². The second kappa shape index (κ2) is 3.64. The smallest absolute Gasteiger partial charge is 0.143 e. The van der Waals surface area contributed by atoms with Crippen molar-refractivity contribution in [2.24, 2.45) is 5.73 Å². The van der Waals surface area contributed by atoms with Crippen LogP contribution in [0.25, 0.3) is 0 Å². The van der Waals surface area contributed by atoms with E-state index in [4.69, 9.17) is 10.5 Å². The predicted octanol–water partition coefficient (Wildman–Crippen LogP) is 2.05. The average molecular weight is 245 g/mol. The minimum atomic E-state index is -0.437. The lowest BCUT2D eigenvalue weighted by molar-refractivity contribution is 0.391. The lowest BCUT2D eigenvalue weighted by atomic mass is 9.96. The fraction of sp³-hybridized carbons (Fsp3) is 0.444. The van der Waals surface area contributed by atoms with Gasteiger partial charge in [-0.05, 0) is 29.8 Å². The van der Waals surface area contributed by atoms with Gasteiger partial charge in [0.2, 0.25) is 0 Å². The molecule has 0 saturated heterocycles. The molecule has 0 aliphatic rings. The summed E-state index contributed by atoms with van der Waals surface area (Å²) in [6.07, 6.45) is 3.38. The average Bonchev–Trinajstić information content (AvgIpc) is 2.01. The zero-order valence-electron chi connectivity index (χ0n) is 7.97. The molecule has 1 aromatic rings. The van der Waals surface area contributed by atoms with Gasteiger partial charge >= 0.3 is 0 Å². The van der Waals surface area contributed by atoms with Gasteiger partial charge in [-0.25, -0.2) is 0 Å². The Hall–Kier alpha value is -0.610. The van der Waals surface area contributed by atoms with E-state index in [1.54, 1.807) is 19.5 Å². The highest BCUT2D eigenvalue weighted by atomic mass is 79.9. The first-order valence-electron chi connectivity index (χ1n) is 3.93. The Kier molecular flexibility index (Phi) is 2.93. The van der Waals surface area contributed by atoms with Crippen LogP contribution < -0.4 is 10.5 Å². The number of hydrogen-bond donors (Lipinski definition) is 1.